The minimum absolute atomic E-state index is 0.0986. The molecule has 7 heteroatoms. The maximum Gasteiger partial charge on any atom is 0.256 e. The van der Waals surface area contributed by atoms with Crippen molar-refractivity contribution < 1.29 is 9.59 Å². The molecule has 4 aromatic rings. The second kappa shape index (κ2) is 7.50. The Labute approximate surface area is 177 Å². The molecule has 0 aliphatic carbocycles. The third-order valence-electron chi connectivity index (χ3n) is 5.51. The Bertz CT molecular complexity index is 1280. The minimum Gasteiger partial charge on any atom is -0.324 e. The summed E-state index contributed by atoms with van der Waals surface area (Å²) in [5.74, 6) is 0.802. The van der Waals surface area contributed by atoms with Crippen LogP contribution in [0.15, 0.2) is 60.8 Å². The number of aromatic nitrogens is 2. The summed E-state index contributed by atoms with van der Waals surface area (Å²) >= 11 is 1.60. The number of carbonyl (C=O) groups is 2. The Kier molecular flexibility index (Phi) is 4.67. The molecular weight excluding hydrogens is 396 g/mol. The van der Waals surface area contributed by atoms with Gasteiger partial charge in [0.2, 0.25) is 5.91 Å². The van der Waals surface area contributed by atoms with Crippen LogP contribution in [0, 0.1) is 6.92 Å². The van der Waals surface area contributed by atoms with Gasteiger partial charge in [-0.3, -0.25) is 14.7 Å². The molecule has 150 valence electrons. The second-order valence-electron chi connectivity index (χ2n) is 7.43. The van der Waals surface area contributed by atoms with E-state index in [0.29, 0.717) is 22.9 Å². The van der Waals surface area contributed by atoms with Gasteiger partial charge in [-0.05, 0) is 41.5 Å². The van der Waals surface area contributed by atoms with Crippen LogP contribution < -0.4 is 5.32 Å². The standard InChI is InChI=1S/C23H20N4O2S/c1-14-6-7-15-4-2-3-5-18(15)21(14)23(29)27-13-30-12-20(27)22(28)25-17-9-8-16-11-24-26-19(16)10-17/h2-11,20H,12-13H2,1H3,(H,24,26)(H,25,28). The van der Waals surface area contributed by atoms with Crippen molar-refractivity contribution in [1.82, 2.24) is 15.1 Å². The zero-order chi connectivity index (χ0) is 20.7. The Morgan fingerprint density at radius 1 is 1.13 bits per heavy atom. The average Bonchev–Trinajstić information content (AvgIpc) is 3.42. The topological polar surface area (TPSA) is 78.1 Å². The first kappa shape index (κ1) is 18.7. The molecule has 0 saturated carbocycles. The lowest BCUT2D eigenvalue weighted by Crippen LogP contribution is -2.44. The molecule has 6 nitrogen and oxygen atoms in total. The van der Waals surface area contributed by atoms with E-state index in [4.69, 9.17) is 0 Å². The summed E-state index contributed by atoms with van der Waals surface area (Å²) in [6.07, 6.45) is 1.74. The lowest BCUT2D eigenvalue weighted by Gasteiger charge is -2.24. The predicted molar refractivity (Wildman–Crippen MR) is 121 cm³/mol. The highest BCUT2D eigenvalue weighted by Gasteiger charge is 2.36. The highest BCUT2D eigenvalue weighted by molar-refractivity contribution is 7.99. The number of H-pyrrole nitrogens is 1. The van der Waals surface area contributed by atoms with E-state index in [1.165, 1.54) is 0 Å². The van der Waals surface area contributed by atoms with Gasteiger partial charge in [0.05, 0.1) is 23.2 Å². The van der Waals surface area contributed by atoms with Crippen LogP contribution in [0.5, 0.6) is 0 Å². The number of anilines is 1. The van der Waals surface area contributed by atoms with Crippen molar-refractivity contribution in [3.63, 3.8) is 0 Å². The maximum absolute atomic E-state index is 13.5. The molecule has 1 aliphatic rings. The van der Waals surface area contributed by atoms with Crippen LogP contribution >= 0.6 is 11.8 Å². The van der Waals surface area contributed by atoms with E-state index in [-0.39, 0.29) is 11.8 Å². The van der Waals surface area contributed by atoms with E-state index in [1.54, 1.807) is 22.9 Å². The number of aromatic amines is 1. The molecule has 1 atom stereocenters. The third kappa shape index (κ3) is 3.21. The van der Waals surface area contributed by atoms with Crippen molar-refractivity contribution >= 4 is 50.9 Å². The lowest BCUT2D eigenvalue weighted by atomic mass is 9.98. The molecule has 1 saturated heterocycles. The van der Waals surface area contributed by atoms with Gasteiger partial charge in [0, 0.05) is 16.8 Å². The summed E-state index contributed by atoms with van der Waals surface area (Å²) < 4.78 is 0. The molecule has 2 heterocycles. The zero-order valence-corrected chi connectivity index (χ0v) is 17.2. The van der Waals surface area contributed by atoms with Gasteiger partial charge in [0.15, 0.2) is 0 Å². The van der Waals surface area contributed by atoms with E-state index >= 15 is 0 Å². The molecule has 0 spiro atoms. The summed E-state index contributed by atoms with van der Waals surface area (Å²) in [6, 6.07) is 16.9. The Hall–Kier alpha value is -3.32. The van der Waals surface area contributed by atoms with Crippen molar-refractivity contribution in [3.8, 4) is 0 Å². The number of hydrogen-bond donors (Lipinski definition) is 2. The second-order valence-corrected chi connectivity index (χ2v) is 8.43. The van der Waals surface area contributed by atoms with Gasteiger partial charge < -0.3 is 10.2 Å². The number of thioether (sulfide) groups is 1. The number of amides is 2. The largest absolute Gasteiger partial charge is 0.324 e. The van der Waals surface area contributed by atoms with E-state index in [2.05, 4.69) is 15.5 Å². The molecule has 2 amide bonds. The van der Waals surface area contributed by atoms with E-state index < -0.39 is 6.04 Å². The normalized spacial score (nSPS) is 16.3. The van der Waals surface area contributed by atoms with Gasteiger partial charge in [0.25, 0.3) is 5.91 Å². The van der Waals surface area contributed by atoms with Gasteiger partial charge in [0.1, 0.15) is 6.04 Å². The number of nitrogens with zero attached hydrogens (tertiary/aromatic N) is 2. The molecule has 5 rings (SSSR count). The molecule has 30 heavy (non-hydrogen) atoms. The lowest BCUT2D eigenvalue weighted by molar-refractivity contribution is -0.119. The number of aryl methyl sites for hydroxylation is 1. The van der Waals surface area contributed by atoms with Crippen LogP contribution in [0.2, 0.25) is 0 Å². The molecule has 1 fully saturated rings. The highest BCUT2D eigenvalue weighted by Crippen LogP contribution is 2.29. The number of nitrogens with one attached hydrogen (secondary N) is 2. The molecule has 1 aliphatic heterocycles. The van der Waals surface area contributed by atoms with E-state index in [1.807, 2.05) is 61.5 Å². The zero-order valence-electron chi connectivity index (χ0n) is 16.4. The molecule has 3 aromatic carbocycles. The van der Waals surface area contributed by atoms with Gasteiger partial charge in [-0.25, -0.2) is 0 Å². The smallest absolute Gasteiger partial charge is 0.256 e. The van der Waals surface area contributed by atoms with Crippen LogP contribution in [0.3, 0.4) is 0 Å². The molecule has 0 bridgehead atoms. The van der Waals surface area contributed by atoms with Gasteiger partial charge >= 0.3 is 0 Å². The van der Waals surface area contributed by atoms with E-state index in [0.717, 1.165) is 27.2 Å². The van der Waals surface area contributed by atoms with Crippen LogP contribution in [-0.2, 0) is 4.79 Å². The highest BCUT2D eigenvalue weighted by atomic mass is 32.2. The van der Waals surface area contributed by atoms with Gasteiger partial charge in [-0.1, -0.05) is 36.4 Å². The predicted octanol–water partition coefficient (Wildman–Crippen LogP) is 4.18. The monoisotopic (exact) mass is 416 g/mol. The van der Waals surface area contributed by atoms with Crippen LogP contribution in [0.4, 0.5) is 5.69 Å². The molecular formula is C23H20N4O2S. The minimum atomic E-state index is -0.515. The molecule has 0 radical (unpaired) electrons. The Morgan fingerprint density at radius 2 is 1.97 bits per heavy atom. The number of benzene rings is 3. The van der Waals surface area contributed by atoms with Crippen molar-refractivity contribution in [2.75, 3.05) is 16.9 Å². The van der Waals surface area contributed by atoms with Crippen LogP contribution in [0.25, 0.3) is 21.7 Å². The maximum atomic E-state index is 13.5. The van der Waals surface area contributed by atoms with Crippen molar-refractivity contribution in [3.05, 3.63) is 71.9 Å². The summed E-state index contributed by atoms with van der Waals surface area (Å²) in [6.45, 7) is 1.94. The first-order valence-corrected chi connectivity index (χ1v) is 10.9. The van der Waals surface area contributed by atoms with Gasteiger partial charge in [-0.15, -0.1) is 11.8 Å². The number of hydrogen-bond acceptors (Lipinski definition) is 4. The number of rotatable bonds is 3. The molecule has 1 unspecified atom stereocenters. The van der Waals surface area contributed by atoms with Crippen LogP contribution in [0.1, 0.15) is 15.9 Å². The molecule has 1 aromatic heterocycles. The fourth-order valence-corrected chi connectivity index (χ4v) is 5.06. The SMILES string of the molecule is Cc1ccc2ccccc2c1C(=O)N1CSCC1C(=O)Nc1ccc2cn[nH]c2c1. The first-order valence-electron chi connectivity index (χ1n) is 9.73. The summed E-state index contributed by atoms with van der Waals surface area (Å²) in [4.78, 5) is 28.2. The van der Waals surface area contributed by atoms with Crippen molar-refractivity contribution in [1.29, 1.82) is 0 Å². The fraction of sp³-hybridized carbons (Fsp3) is 0.174. The Morgan fingerprint density at radius 3 is 2.87 bits per heavy atom. The van der Waals surface area contributed by atoms with Crippen molar-refractivity contribution in [2.45, 2.75) is 13.0 Å². The quantitative estimate of drug-likeness (QED) is 0.525. The van der Waals surface area contributed by atoms with Gasteiger partial charge in [-0.2, -0.15) is 5.10 Å². The molecule has 2 N–H and O–H groups in total. The average molecular weight is 417 g/mol. The first-order chi connectivity index (χ1) is 14.6. The Balaban J connectivity index is 1.43. The summed E-state index contributed by atoms with van der Waals surface area (Å²) in [5, 5.41) is 12.8. The number of fused-ring (bicyclic) bond motifs is 2. The summed E-state index contributed by atoms with van der Waals surface area (Å²) in [5.41, 5.74) is 3.13. The van der Waals surface area contributed by atoms with E-state index in [9.17, 15) is 9.59 Å². The number of carbonyl (C=O) groups excluding carboxylic acids is 2. The summed E-state index contributed by atoms with van der Waals surface area (Å²) in [7, 11) is 0. The van der Waals surface area contributed by atoms with Crippen LogP contribution in [-0.4, -0.2) is 44.6 Å². The third-order valence-corrected chi connectivity index (χ3v) is 6.52. The van der Waals surface area contributed by atoms with Crippen molar-refractivity contribution in [2.24, 2.45) is 0 Å². The fourth-order valence-electron chi connectivity index (χ4n) is 3.91.